The lowest BCUT2D eigenvalue weighted by Crippen LogP contribution is -2.27. The Morgan fingerprint density at radius 2 is 1.17 bits per heavy atom. The molecule has 7 aromatic rings. The van der Waals surface area contributed by atoms with Gasteiger partial charge in [0, 0.05) is 10.8 Å². The van der Waals surface area contributed by atoms with Crippen LogP contribution < -0.4 is 0 Å². The van der Waals surface area contributed by atoms with Crippen molar-refractivity contribution in [3.63, 3.8) is 0 Å². The topological polar surface area (TPSA) is 0 Å². The highest BCUT2D eigenvalue weighted by molar-refractivity contribution is 5.95. The molecule has 0 amide bonds. The average molecular weight is 683 g/mol. The molecule has 0 nitrogen and oxygen atoms in total. The second-order valence-corrected chi connectivity index (χ2v) is 17.0. The number of fused-ring (bicyclic) bond motifs is 7. The Hall–Kier alpha value is -5.46. The van der Waals surface area contributed by atoms with Crippen molar-refractivity contribution in [2.75, 3.05) is 0 Å². The third kappa shape index (κ3) is 4.88. The molecular formula is C53H46. The van der Waals surface area contributed by atoms with Crippen molar-refractivity contribution in [2.45, 2.75) is 65.2 Å². The fourth-order valence-electron chi connectivity index (χ4n) is 10.3. The van der Waals surface area contributed by atoms with Gasteiger partial charge >= 0.3 is 0 Å². The third-order valence-corrected chi connectivity index (χ3v) is 13.0. The van der Waals surface area contributed by atoms with Crippen LogP contribution in [0.15, 0.2) is 145 Å². The van der Waals surface area contributed by atoms with Crippen molar-refractivity contribution in [1.82, 2.24) is 0 Å². The van der Waals surface area contributed by atoms with Gasteiger partial charge in [-0.3, -0.25) is 0 Å². The van der Waals surface area contributed by atoms with E-state index >= 15 is 0 Å². The third-order valence-electron chi connectivity index (χ3n) is 13.0. The Labute approximate surface area is 314 Å². The molecular weight excluding hydrogens is 637 g/mol. The van der Waals surface area contributed by atoms with Crippen molar-refractivity contribution >= 4 is 27.1 Å². The summed E-state index contributed by atoms with van der Waals surface area (Å²) < 4.78 is 0. The van der Waals surface area contributed by atoms with E-state index in [2.05, 4.69) is 181 Å². The van der Waals surface area contributed by atoms with Crippen LogP contribution in [0.5, 0.6) is 0 Å². The normalized spacial score (nSPS) is 19.4. The summed E-state index contributed by atoms with van der Waals surface area (Å²) in [7, 11) is 0. The van der Waals surface area contributed by atoms with Crippen LogP contribution in [0, 0.1) is 19.8 Å². The highest BCUT2D eigenvalue weighted by Crippen LogP contribution is 2.57. The van der Waals surface area contributed by atoms with E-state index < -0.39 is 0 Å². The Kier molecular flexibility index (Phi) is 7.00. The van der Waals surface area contributed by atoms with Crippen LogP contribution in [0.4, 0.5) is 0 Å². The summed E-state index contributed by atoms with van der Waals surface area (Å²) in [5.74, 6) is 0.528. The Morgan fingerprint density at radius 1 is 0.566 bits per heavy atom. The lowest BCUT2D eigenvalue weighted by Gasteiger charge is -2.33. The van der Waals surface area contributed by atoms with Crippen LogP contribution in [0.3, 0.4) is 0 Å². The van der Waals surface area contributed by atoms with E-state index in [-0.39, 0.29) is 10.8 Å². The van der Waals surface area contributed by atoms with Crippen molar-refractivity contribution in [1.29, 1.82) is 0 Å². The number of benzene rings is 7. The molecule has 258 valence electrons. The monoisotopic (exact) mass is 682 g/mol. The van der Waals surface area contributed by atoms with E-state index in [4.69, 9.17) is 0 Å². The number of allylic oxidation sites excluding steroid dienone is 4. The van der Waals surface area contributed by atoms with E-state index in [1.54, 1.807) is 5.57 Å². The second-order valence-electron chi connectivity index (χ2n) is 17.0. The molecule has 2 atom stereocenters. The molecule has 0 saturated carbocycles. The summed E-state index contributed by atoms with van der Waals surface area (Å²) in [5, 5.41) is 5.20. The van der Waals surface area contributed by atoms with Gasteiger partial charge in [-0.2, -0.15) is 0 Å². The van der Waals surface area contributed by atoms with Gasteiger partial charge in [0.1, 0.15) is 0 Å². The van der Waals surface area contributed by atoms with Crippen molar-refractivity contribution in [3.05, 3.63) is 184 Å². The number of hydrogen-bond acceptors (Lipinski definition) is 0. The lowest BCUT2D eigenvalue weighted by atomic mass is 9.70. The molecule has 0 heterocycles. The first-order valence-electron chi connectivity index (χ1n) is 19.4. The second kappa shape index (κ2) is 11.5. The quantitative estimate of drug-likeness (QED) is 0.173. The van der Waals surface area contributed by atoms with Crippen molar-refractivity contribution in [3.8, 4) is 33.4 Å². The smallest absolute Gasteiger partial charge is 0.0190 e. The van der Waals surface area contributed by atoms with Crippen LogP contribution in [0.2, 0.25) is 0 Å². The van der Waals surface area contributed by atoms with Crippen LogP contribution in [-0.4, -0.2) is 0 Å². The van der Waals surface area contributed by atoms with Crippen LogP contribution in [0.25, 0.3) is 60.5 Å². The summed E-state index contributed by atoms with van der Waals surface area (Å²) in [6.45, 7) is 14.1. The molecule has 10 rings (SSSR count). The number of hydrogen-bond donors (Lipinski definition) is 0. The highest BCUT2D eigenvalue weighted by atomic mass is 14.5. The zero-order valence-corrected chi connectivity index (χ0v) is 31.8. The molecule has 0 heteroatoms. The van der Waals surface area contributed by atoms with Crippen molar-refractivity contribution in [2.24, 2.45) is 5.92 Å². The maximum absolute atomic E-state index is 2.54. The summed E-state index contributed by atoms with van der Waals surface area (Å²) in [5.41, 5.74) is 20.7. The molecule has 7 aromatic carbocycles. The Morgan fingerprint density at radius 3 is 1.92 bits per heavy atom. The minimum absolute atomic E-state index is 0.121. The zero-order valence-electron chi connectivity index (χ0n) is 31.8. The summed E-state index contributed by atoms with van der Waals surface area (Å²) in [6, 6.07) is 49.0. The predicted molar refractivity (Wildman–Crippen MR) is 227 cm³/mol. The van der Waals surface area contributed by atoms with Gasteiger partial charge in [-0.1, -0.05) is 166 Å². The summed E-state index contributed by atoms with van der Waals surface area (Å²) >= 11 is 0. The minimum atomic E-state index is -0.123. The van der Waals surface area contributed by atoms with E-state index in [0.717, 1.165) is 12.8 Å². The summed E-state index contributed by atoms with van der Waals surface area (Å²) in [6.07, 6.45) is 6.92. The first-order chi connectivity index (χ1) is 25.6. The minimum Gasteiger partial charge on any atom is -0.0808 e. The number of aryl methyl sites for hydroxylation is 2. The van der Waals surface area contributed by atoms with Gasteiger partial charge in [-0.25, -0.2) is 0 Å². The van der Waals surface area contributed by atoms with Gasteiger partial charge < -0.3 is 0 Å². The predicted octanol–water partition coefficient (Wildman–Crippen LogP) is 14.1. The average Bonchev–Trinajstić information content (AvgIpc) is 3.54. The first-order valence-corrected chi connectivity index (χ1v) is 19.4. The maximum atomic E-state index is 2.54. The van der Waals surface area contributed by atoms with Crippen LogP contribution >= 0.6 is 0 Å². The van der Waals surface area contributed by atoms with E-state index in [0.29, 0.717) is 5.92 Å². The van der Waals surface area contributed by atoms with Gasteiger partial charge in [0.2, 0.25) is 0 Å². The molecule has 0 aromatic heterocycles. The SMILES string of the molecule is Cc1ccc2cc(-c3ccc4c(c3)C(C)(Cc3cccc5c3-c3cccc(-c6ccc7cc(C)ccc7c6)c3C5(C)C)C3=C4C=CC(C)C3)ccc2c1. The largest absolute Gasteiger partial charge is 0.0808 e. The van der Waals surface area contributed by atoms with E-state index in [1.165, 1.54) is 99.4 Å². The molecule has 0 fully saturated rings. The molecule has 0 saturated heterocycles. The fraction of sp³-hybridized carbons (Fsp3) is 0.208. The molecule has 3 aliphatic rings. The molecule has 0 aliphatic heterocycles. The van der Waals surface area contributed by atoms with Gasteiger partial charge in [0.25, 0.3) is 0 Å². The first kappa shape index (κ1) is 32.2. The molecule has 3 aliphatic carbocycles. The van der Waals surface area contributed by atoms with Gasteiger partial charge in [-0.15, -0.1) is 0 Å². The highest BCUT2D eigenvalue weighted by Gasteiger charge is 2.44. The molecule has 0 bridgehead atoms. The molecule has 0 radical (unpaired) electrons. The van der Waals surface area contributed by atoms with Crippen LogP contribution in [0.1, 0.15) is 73.1 Å². The summed E-state index contributed by atoms with van der Waals surface area (Å²) in [4.78, 5) is 0. The van der Waals surface area contributed by atoms with Crippen LogP contribution in [-0.2, 0) is 17.3 Å². The van der Waals surface area contributed by atoms with Gasteiger partial charge in [0.15, 0.2) is 0 Å². The molecule has 0 N–H and O–H groups in total. The van der Waals surface area contributed by atoms with E-state index in [1.807, 2.05) is 0 Å². The van der Waals surface area contributed by atoms with Gasteiger partial charge in [-0.05, 0) is 139 Å². The standard InChI is InChI=1S/C53H46/c1-32-13-16-37-28-39(19-18-35(37)25-32)40-22-24-45-44-23-15-34(3)27-48(44)53(6,49(45)30-40)31-42-9-7-12-47-50(42)46-11-8-10-43(51(46)52(47,4)5)41-21-20-36-26-33(2)14-17-38(36)29-41/h7-26,28-30,34H,27,31H2,1-6H3. The zero-order chi connectivity index (χ0) is 36.2. The van der Waals surface area contributed by atoms with Crippen molar-refractivity contribution < 1.29 is 0 Å². The molecule has 2 unspecified atom stereocenters. The van der Waals surface area contributed by atoms with Gasteiger partial charge in [0.05, 0.1) is 0 Å². The van der Waals surface area contributed by atoms with E-state index in [9.17, 15) is 0 Å². The maximum Gasteiger partial charge on any atom is 0.0190 e. The molecule has 53 heavy (non-hydrogen) atoms. The lowest BCUT2D eigenvalue weighted by molar-refractivity contribution is 0.518. The Bertz CT molecular complexity index is 2750. The fourth-order valence-corrected chi connectivity index (χ4v) is 10.3. The molecule has 0 spiro atoms. The Balaban J connectivity index is 1.11. The number of rotatable bonds is 4.